The molecule has 6 heteroatoms. The van der Waals surface area contributed by atoms with Crippen molar-refractivity contribution in [2.45, 2.75) is 46.7 Å². The fraction of sp³-hybridized carbons (Fsp3) is 0.524. The number of rotatable bonds is 4. The Balaban J connectivity index is 1.85. The average Bonchev–Trinajstić information content (AvgIpc) is 2.90. The van der Waals surface area contributed by atoms with Crippen LogP contribution < -0.4 is 4.90 Å². The molecule has 0 bridgehead atoms. The van der Waals surface area contributed by atoms with Crippen LogP contribution >= 0.6 is 11.8 Å². The maximum absolute atomic E-state index is 12.9. The zero-order chi connectivity index (χ0) is 19.6. The predicted molar refractivity (Wildman–Crippen MR) is 114 cm³/mol. The summed E-state index contributed by atoms with van der Waals surface area (Å²) in [6, 6.07) is 6.66. The van der Waals surface area contributed by atoms with Gasteiger partial charge in [-0.1, -0.05) is 6.07 Å². The third-order valence-corrected chi connectivity index (χ3v) is 5.59. The molecule has 0 saturated carbocycles. The zero-order valence-electron chi connectivity index (χ0n) is 16.9. The molecule has 5 nitrogen and oxygen atoms in total. The van der Waals surface area contributed by atoms with Crippen LogP contribution in [0, 0.1) is 6.92 Å². The minimum atomic E-state index is 0.0457. The molecular weight excluding hydrogens is 358 g/mol. The summed E-state index contributed by atoms with van der Waals surface area (Å²) in [6.07, 6.45) is 1.99. The molecule has 1 aromatic rings. The van der Waals surface area contributed by atoms with E-state index in [-0.39, 0.29) is 18.0 Å². The molecule has 2 aliphatic heterocycles. The summed E-state index contributed by atoms with van der Waals surface area (Å²) in [4.78, 5) is 22.4. The number of anilines is 1. The van der Waals surface area contributed by atoms with Crippen LogP contribution in [0.25, 0.3) is 6.08 Å². The fourth-order valence-electron chi connectivity index (χ4n) is 3.33. The lowest BCUT2D eigenvalue weighted by molar-refractivity contribution is -0.123. The summed E-state index contributed by atoms with van der Waals surface area (Å²) in [6.45, 7) is 13.7. The topological polar surface area (TPSA) is 45.1 Å². The van der Waals surface area contributed by atoms with Crippen LogP contribution in [0.1, 0.15) is 38.8 Å². The SMILES string of the molecule is Cc1cc(/C=C2/SC(=NC(C)C)N(C(C)C)C2=O)ccc1N1CCOCC1. The number of nitrogens with zero attached hydrogens (tertiary/aromatic N) is 3. The molecule has 0 atom stereocenters. The molecule has 146 valence electrons. The number of benzene rings is 1. The van der Waals surface area contributed by atoms with Gasteiger partial charge in [-0.25, -0.2) is 0 Å². The van der Waals surface area contributed by atoms with E-state index in [9.17, 15) is 4.79 Å². The summed E-state index contributed by atoms with van der Waals surface area (Å²) in [7, 11) is 0. The Morgan fingerprint density at radius 1 is 1.19 bits per heavy atom. The Morgan fingerprint density at radius 3 is 2.48 bits per heavy atom. The van der Waals surface area contributed by atoms with Crippen molar-refractivity contribution in [3.63, 3.8) is 0 Å². The smallest absolute Gasteiger partial charge is 0.266 e. The quantitative estimate of drug-likeness (QED) is 0.735. The first kappa shape index (κ1) is 20.0. The maximum atomic E-state index is 12.9. The molecule has 1 amide bonds. The number of hydrogen-bond acceptors (Lipinski definition) is 5. The molecule has 0 spiro atoms. The van der Waals surface area contributed by atoms with Crippen LogP contribution in [0.4, 0.5) is 5.69 Å². The Morgan fingerprint density at radius 2 is 1.89 bits per heavy atom. The molecule has 0 aliphatic carbocycles. The molecule has 27 heavy (non-hydrogen) atoms. The third-order valence-electron chi connectivity index (χ3n) is 4.59. The molecule has 2 fully saturated rings. The van der Waals surface area contributed by atoms with Gasteiger partial charge in [0.2, 0.25) is 0 Å². The van der Waals surface area contributed by atoms with Crippen LogP contribution in [0.2, 0.25) is 0 Å². The number of aliphatic imine (C=N–C) groups is 1. The van der Waals surface area contributed by atoms with Crippen molar-refractivity contribution in [3.8, 4) is 0 Å². The number of hydrogen-bond donors (Lipinski definition) is 0. The van der Waals surface area contributed by atoms with Gasteiger partial charge in [0.1, 0.15) is 0 Å². The van der Waals surface area contributed by atoms with Crippen molar-refractivity contribution in [1.82, 2.24) is 4.90 Å². The van der Waals surface area contributed by atoms with Gasteiger partial charge >= 0.3 is 0 Å². The van der Waals surface area contributed by atoms with Gasteiger partial charge in [-0.3, -0.25) is 14.7 Å². The van der Waals surface area contributed by atoms with Crippen LogP contribution in [0.5, 0.6) is 0 Å². The Labute approximate surface area is 166 Å². The minimum Gasteiger partial charge on any atom is -0.378 e. The average molecular weight is 388 g/mol. The standard InChI is InChI=1S/C21H29N3O2S/c1-14(2)22-21-24(15(3)4)20(25)19(27-21)13-17-6-7-18(16(5)12-17)23-8-10-26-11-9-23/h6-7,12-15H,8-11H2,1-5H3/b19-13+,22-21?. The molecule has 0 radical (unpaired) electrons. The summed E-state index contributed by atoms with van der Waals surface area (Å²) in [5.41, 5.74) is 3.52. The molecule has 0 N–H and O–H groups in total. The first-order chi connectivity index (χ1) is 12.9. The summed E-state index contributed by atoms with van der Waals surface area (Å²) >= 11 is 1.48. The van der Waals surface area contributed by atoms with Gasteiger partial charge in [0.25, 0.3) is 5.91 Å². The maximum Gasteiger partial charge on any atom is 0.266 e. The highest BCUT2D eigenvalue weighted by atomic mass is 32.2. The Hall–Kier alpha value is -1.79. The van der Waals surface area contributed by atoms with Crippen LogP contribution in [-0.4, -0.2) is 54.4 Å². The second-order valence-electron chi connectivity index (χ2n) is 7.53. The number of ether oxygens (including phenoxy) is 1. The van der Waals surface area contributed by atoms with Gasteiger partial charge < -0.3 is 9.64 Å². The first-order valence-corrected chi connectivity index (χ1v) is 10.4. The molecule has 2 saturated heterocycles. The van der Waals surface area contributed by atoms with Crippen molar-refractivity contribution < 1.29 is 9.53 Å². The highest BCUT2D eigenvalue weighted by Gasteiger charge is 2.35. The first-order valence-electron chi connectivity index (χ1n) is 9.61. The molecule has 1 aromatic carbocycles. The Kier molecular flexibility index (Phi) is 6.27. The van der Waals surface area contributed by atoms with E-state index in [1.54, 1.807) is 4.90 Å². The van der Waals surface area contributed by atoms with E-state index >= 15 is 0 Å². The lowest BCUT2D eigenvalue weighted by Gasteiger charge is -2.30. The van der Waals surface area contributed by atoms with E-state index in [2.05, 4.69) is 35.0 Å². The highest BCUT2D eigenvalue weighted by Crippen LogP contribution is 2.35. The van der Waals surface area contributed by atoms with Crippen molar-refractivity contribution in [2.24, 2.45) is 4.99 Å². The number of aryl methyl sites for hydroxylation is 1. The van der Waals surface area contributed by atoms with Gasteiger partial charge in [0.15, 0.2) is 5.17 Å². The number of carbonyl (C=O) groups excluding carboxylic acids is 1. The summed E-state index contributed by atoms with van der Waals surface area (Å²) in [5, 5.41) is 0.804. The van der Waals surface area contributed by atoms with Crippen LogP contribution in [-0.2, 0) is 9.53 Å². The van der Waals surface area contributed by atoms with Gasteiger partial charge in [-0.15, -0.1) is 0 Å². The van der Waals surface area contributed by atoms with Gasteiger partial charge in [0.05, 0.1) is 18.1 Å². The van der Waals surface area contributed by atoms with E-state index in [1.807, 2.05) is 33.8 Å². The van der Waals surface area contributed by atoms with E-state index in [1.165, 1.54) is 23.0 Å². The second kappa shape index (κ2) is 8.48. The fourth-order valence-corrected chi connectivity index (χ4v) is 4.56. The monoisotopic (exact) mass is 387 g/mol. The van der Waals surface area contributed by atoms with Crippen molar-refractivity contribution in [1.29, 1.82) is 0 Å². The van der Waals surface area contributed by atoms with Crippen LogP contribution in [0.15, 0.2) is 28.1 Å². The van der Waals surface area contributed by atoms with E-state index in [0.29, 0.717) is 0 Å². The van der Waals surface area contributed by atoms with E-state index in [4.69, 9.17) is 4.74 Å². The minimum absolute atomic E-state index is 0.0457. The van der Waals surface area contributed by atoms with Crippen molar-refractivity contribution >= 4 is 34.6 Å². The second-order valence-corrected chi connectivity index (χ2v) is 8.54. The number of thioether (sulfide) groups is 1. The van der Waals surface area contributed by atoms with Crippen molar-refractivity contribution in [2.75, 3.05) is 31.2 Å². The van der Waals surface area contributed by atoms with E-state index in [0.717, 1.165) is 41.9 Å². The van der Waals surface area contributed by atoms with Gasteiger partial charge in [0, 0.05) is 30.9 Å². The van der Waals surface area contributed by atoms with Crippen LogP contribution in [0.3, 0.4) is 0 Å². The third kappa shape index (κ3) is 4.55. The number of morpholine rings is 1. The lowest BCUT2D eigenvalue weighted by atomic mass is 10.1. The van der Waals surface area contributed by atoms with Crippen molar-refractivity contribution in [3.05, 3.63) is 34.2 Å². The summed E-state index contributed by atoms with van der Waals surface area (Å²) < 4.78 is 5.44. The Bertz CT molecular complexity index is 765. The highest BCUT2D eigenvalue weighted by molar-refractivity contribution is 8.18. The molecular formula is C21H29N3O2S. The number of amidine groups is 1. The van der Waals surface area contributed by atoms with E-state index < -0.39 is 0 Å². The van der Waals surface area contributed by atoms with Gasteiger partial charge in [-0.2, -0.15) is 0 Å². The molecule has 3 rings (SSSR count). The molecule has 2 aliphatic rings. The zero-order valence-corrected chi connectivity index (χ0v) is 17.7. The molecule has 0 aromatic heterocycles. The lowest BCUT2D eigenvalue weighted by Crippen LogP contribution is -2.36. The molecule has 0 unspecified atom stereocenters. The molecule has 2 heterocycles. The summed E-state index contributed by atoms with van der Waals surface area (Å²) in [5.74, 6) is 0.0457. The number of amides is 1. The van der Waals surface area contributed by atoms with Gasteiger partial charge in [-0.05, 0) is 75.7 Å². The predicted octanol–water partition coefficient (Wildman–Crippen LogP) is 3.92. The normalized spacial score (nSPS) is 21.4. The number of carbonyl (C=O) groups is 1. The largest absolute Gasteiger partial charge is 0.378 e.